The quantitative estimate of drug-likeness (QED) is 0.597. The van der Waals surface area contributed by atoms with Crippen LogP contribution in [-0.4, -0.2) is 28.4 Å². The molecule has 128 valence electrons. The number of benzene rings is 1. The fourth-order valence-electron chi connectivity index (χ4n) is 2.59. The molecule has 4 atom stereocenters. The summed E-state index contributed by atoms with van der Waals surface area (Å²) in [5.41, 5.74) is 0.462. The smallest absolute Gasteiger partial charge is 0.343 e. The van der Waals surface area contributed by atoms with Gasteiger partial charge in [-0.1, -0.05) is 45.9 Å². The second-order valence-electron chi connectivity index (χ2n) is 6.32. The molecule has 0 amide bonds. The van der Waals surface area contributed by atoms with Crippen molar-refractivity contribution in [2.24, 2.45) is 17.8 Å². The SMILES string of the molecule is C/C=C(\OC(=O)c1ccccc1)[C@@H](C)[C@@H](O)[C@@H](C)[C@@H](O)C(C)C. The fraction of sp³-hybridized carbons (Fsp3) is 0.526. The van der Waals surface area contributed by atoms with Crippen molar-refractivity contribution in [3.8, 4) is 0 Å². The minimum Gasteiger partial charge on any atom is -0.427 e. The van der Waals surface area contributed by atoms with Gasteiger partial charge in [0.25, 0.3) is 0 Å². The van der Waals surface area contributed by atoms with Crippen molar-refractivity contribution in [2.45, 2.75) is 46.8 Å². The number of hydrogen-bond acceptors (Lipinski definition) is 4. The van der Waals surface area contributed by atoms with E-state index in [1.54, 1.807) is 51.1 Å². The van der Waals surface area contributed by atoms with Gasteiger partial charge in [0.05, 0.1) is 17.8 Å². The molecule has 0 saturated carbocycles. The third-order valence-electron chi connectivity index (χ3n) is 4.23. The highest BCUT2D eigenvalue weighted by molar-refractivity contribution is 5.90. The van der Waals surface area contributed by atoms with E-state index < -0.39 is 24.1 Å². The Hall–Kier alpha value is -1.65. The van der Waals surface area contributed by atoms with Gasteiger partial charge in [0.2, 0.25) is 0 Å². The van der Waals surface area contributed by atoms with E-state index in [9.17, 15) is 15.0 Å². The van der Waals surface area contributed by atoms with Crippen LogP contribution in [0.2, 0.25) is 0 Å². The molecule has 0 saturated heterocycles. The van der Waals surface area contributed by atoms with Gasteiger partial charge in [-0.25, -0.2) is 4.79 Å². The van der Waals surface area contributed by atoms with Crippen LogP contribution in [0, 0.1) is 17.8 Å². The van der Waals surface area contributed by atoms with E-state index in [-0.39, 0.29) is 11.8 Å². The summed E-state index contributed by atoms with van der Waals surface area (Å²) in [4.78, 5) is 12.2. The molecule has 0 bridgehead atoms. The maximum Gasteiger partial charge on any atom is 0.343 e. The van der Waals surface area contributed by atoms with Gasteiger partial charge in [-0.15, -0.1) is 0 Å². The molecular formula is C19H28O4. The van der Waals surface area contributed by atoms with Gasteiger partial charge in [0, 0.05) is 11.8 Å². The average Bonchev–Trinajstić information content (AvgIpc) is 2.57. The summed E-state index contributed by atoms with van der Waals surface area (Å²) in [6, 6.07) is 8.73. The van der Waals surface area contributed by atoms with E-state index >= 15 is 0 Å². The van der Waals surface area contributed by atoms with E-state index in [0.29, 0.717) is 11.3 Å². The van der Waals surface area contributed by atoms with Crippen LogP contribution < -0.4 is 0 Å². The third-order valence-corrected chi connectivity index (χ3v) is 4.23. The maximum atomic E-state index is 12.2. The lowest BCUT2D eigenvalue weighted by Gasteiger charge is -2.31. The first kappa shape index (κ1) is 19.4. The van der Waals surface area contributed by atoms with Crippen molar-refractivity contribution in [1.82, 2.24) is 0 Å². The van der Waals surface area contributed by atoms with Gasteiger partial charge in [0.15, 0.2) is 0 Å². The first-order valence-corrected chi connectivity index (χ1v) is 8.09. The fourth-order valence-corrected chi connectivity index (χ4v) is 2.59. The highest BCUT2D eigenvalue weighted by Crippen LogP contribution is 2.26. The molecule has 23 heavy (non-hydrogen) atoms. The molecule has 4 heteroatoms. The summed E-state index contributed by atoms with van der Waals surface area (Å²) < 4.78 is 5.44. The predicted molar refractivity (Wildman–Crippen MR) is 90.8 cm³/mol. The Morgan fingerprint density at radius 2 is 1.61 bits per heavy atom. The number of rotatable bonds is 7. The lowest BCUT2D eigenvalue weighted by Crippen LogP contribution is -2.37. The van der Waals surface area contributed by atoms with Gasteiger partial charge >= 0.3 is 5.97 Å². The topological polar surface area (TPSA) is 66.8 Å². The molecule has 0 aliphatic rings. The Labute approximate surface area is 138 Å². The number of carbonyl (C=O) groups is 1. The summed E-state index contributed by atoms with van der Waals surface area (Å²) in [7, 11) is 0. The normalized spacial score (nSPS) is 17.5. The van der Waals surface area contributed by atoms with Crippen molar-refractivity contribution < 1.29 is 19.7 Å². The van der Waals surface area contributed by atoms with E-state index in [4.69, 9.17) is 4.74 Å². The number of allylic oxidation sites excluding steroid dienone is 1. The predicted octanol–water partition coefficient (Wildman–Crippen LogP) is 3.40. The minimum atomic E-state index is -0.804. The van der Waals surface area contributed by atoms with Crippen LogP contribution in [0.4, 0.5) is 0 Å². The maximum absolute atomic E-state index is 12.2. The van der Waals surface area contributed by atoms with Gasteiger partial charge in [-0.2, -0.15) is 0 Å². The van der Waals surface area contributed by atoms with Crippen molar-refractivity contribution >= 4 is 5.97 Å². The second kappa shape index (κ2) is 8.85. The Bertz CT molecular complexity index is 521. The zero-order valence-corrected chi connectivity index (χ0v) is 14.6. The van der Waals surface area contributed by atoms with Crippen LogP contribution in [-0.2, 0) is 4.74 Å². The molecule has 1 rings (SSSR count). The minimum absolute atomic E-state index is 0.0489. The van der Waals surface area contributed by atoms with E-state index in [1.165, 1.54) is 0 Å². The van der Waals surface area contributed by atoms with Crippen LogP contribution in [0.3, 0.4) is 0 Å². The van der Waals surface area contributed by atoms with E-state index in [2.05, 4.69) is 0 Å². The highest BCUT2D eigenvalue weighted by atomic mass is 16.5. The Kier molecular flexibility index (Phi) is 7.46. The highest BCUT2D eigenvalue weighted by Gasteiger charge is 2.31. The van der Waals surface area contributed by atoms with Crippen molar-refractivity contribution in [1.29, 1.82) is 0 Å². The average molecular weight is 320 g/mol. The zero-order chi connectivity index (χ0) is 17.6. The first-order chi connectivity index (χ1) is 10.8. The Balaban J connectivity index is 2.79. The number of esters is 1. The van der Waals surface area contributed by atoms with E-state index in [0.717, 1.165) is 0 Å². The van der Waals surface area contributed by atoms with Crippen LogP contribution in [0.5, 0.6) is 0 Å². The molecule has 4 nitrogen and oxygen atoms in total. The summed E-state index contributed by atoms with van der Waals surface area (Å²) >= 11 is 0. The van der Waals surface area contributed by atoms with Gasteiger partial charge < -0.3 is 14.9 Å². The molecule has 2 N–H and O–H groups in total. The molecule has 0 aliphatic carbocycles. The van der Waals surface area contributed by atoms with Gasteiger partial charge in [-0.3, -0.25) is 0 Å². The van der Waals surface area contributed by atoms with E-state index in [1.807, 2.05) is 19.9 Å². The molecule has 0 heterocycles. The van der Waals surface area contributed by atoms with Gasteiger partial charge in [-0.05, 0) is 31.1 Å². The third kappa shape index (κ3) is 5.19. The molecule has 0 spiro atoms. The van der Waals surface area contributed by atoms with Crippen LogP contribution in [0.25, 0.3) is 0 Å². The van der Waals surface area contributed by atoms with Crippen LogP contribution >= 0.6 is 0 Å². The van der Waals surface area contributed by atoms with Crippen LogP contribution in [0.1, 0.15) is 45.0 Å². The largest absolute Gasteiger partial charge is 0.427 e. The summed E-state index contributed by atoms with van der Waals surface area (Å²) in [5, 5.41) is 20.6. The number of hydrogen-bond donors (Lipinski definition) is 2. The molecule has 0 unspecified atom stereocenters. The van der Waals surface area contributed by atoms with Crippen molar-refractivity contribution in [3.63, 3.8) is 0 Å². The van der Waals surface area contributed by atoms with Gasteiger partial charge in [0.1, 0.15) is 5.76 Å². The number of carbonyl (C=O) groups excluding carboxylic acids is 1. The summed E-state index contributed by atoms with van der Waals surface area (Å²) in [6.45, 7) is 9.18. The zero-order valence-electron chi connectivity index (χ0n) is 14.6. The molecule has 1 aromatic carbocycles. The number of ether oxygens (including phenoxy) is 1. The number of aliphatic hydroxyl groups excluding tert-OH is 2. The first-order valence-electron chi connectivity index (χ1n) is 8.09. The molecule has 1 aromatic rings. The molecule has 0 aromatic heterocycles. The second-order valence-corrected chi connectivity index (χ2v) is 6.32. The molecule has 0 fully saturated rings. The Morgan fingerprint density at radius 1 is 1.04 bits per heavy atom. The summed E-state index contributed by atoms with van der Waals surface area (Å²) in [5.74, 6) is -0.705. The lowest BCUT2D eigenvalue weighted by molar-refractivity contribution is -0.0267. The summed E-state index contributed by atoms with van der Waals surface area (Å²) in [6.07, 6.45) is 0.265. The van der Waals surface area contributed by atoms with Crippen LogP contribution in [0.15, 0.2) is 42.2 Å². The van der Waals surface area contributed by atoms with Crippen molar-refractivity contribution in [2.75, 3.05) is 0 Å². The molecule has 0 aliphatic heterocycles. The monoisotopic (exact) mass is 320 g/mol. The Morgan fingerprint density at radius 3 is 2.09 bits per heavy atom. The molecular weight excluding hydrogens is 292 g/mol. The number of aliphatic hydroxyl groups is 2. The molecule has 0 radical (unpaired) electrons. The standard InChI is InChI=1S/C19H28O4/c1-6-16(23-19(22)15-10-8-7-9-11-15)13(4)18(21)14(5)17(20)12(2)3/h6-14,17-18,20-21H,1-5H3/b16-6-/t13-,14+,17+,18-/m1/s1. The van der Waals surface area contributed by atoms with Crippen molar-refractivity contribution in [3.05, 3.63) is 47.7 Å². The lowest BCUT2D eigenvalue weighted by atomic mass is 9.84.